The first-order chi connectivity index (χ1) is 25.7. The van der Waals surface area contributed by atoms with Gasteiger partial charge >= 0.3 is 0 Å². The lowest BCUT2D eigenvalue weighted by Crippen LogP contribution is -2.40. The molecule has 0 N–H and O–H groups in total. The molecule has 2 atom stereocenters. The van der Waals surface area contributed by atoms with Gasteiger partial charge in [-0.05, 0) is 83.7 Å². The fourth-order valence-electron chi connectivity index (χ4n) is 8.35. The third kappa shape index (κ3) is 11.3. The average molecular weight is 783 g/mol. The van der Waals surface area contributed by atoms with Crippen LogP contribution in [0.5, 0.6) is 11.5 Å². The summed E-state index contributed by atoms with van der Waals surface area (Å²) in [5, 5.41) is 2.86. The Morgan fingerprint density at radius 3 is 1.24 bits per heavy atom. The van der Waals surface area contributed by atoms with Crippen molar-refractivity contribution in [2.45, 2.75) is 157 Å². The molecule has 0 radical (unpaired) electrons. The zero-order valence-electron chi connectivity index (χ0n) is 37.6. The van der Waals surface area contributed by atoms with E-state index in [0.29, 0.717) is 0 Å². The first-order valence-electron chi connectivity index (χ1n) is 21.6. The van der Waals surface area contributed by atoms with Crippen molar-refractivity contribution in [3.05, 3.63) is 95.1 Å². The summed E-state index contributed by atoms with van der Waals surface area (Å²) in [7, 11) is -3.28. The van der Waals surface area contributed by atoms with E-state index in [0.717, 1.165) is 89.3 Å². The molecule has 2 aromatic rings. The molecule has 2 aliphatic rings. The Morgan fingerprint density at radius 2 is 0.945 bits per heavy atom. The maximum Gasteiger partial charge on any atom is 0.122 e. The number of ether oxygens (including phenoxy) is 3. The van der Waals surface area contributed by atoms with E-state index in [-0.39, 0.29) is 21.7 Å². The molecular formula is C50H78O3Si2. The quantitative estimate of drug-likeness (QED) is 0.111. The summed E-state index contributed by atoms with van der Waals surface area (Å²) in [5.41, 5.74) is 5.59. The van der Waals surface area contributed by atoms with Crippen molar-refractivity contribution in [3.63, 3.8) is 0 Å². The smallest absolute Gasteiger partial charge is 0.122 e. The summed E-state index contributed by atoms with van der Waals surface area (Å²) < 4.78 is 19.9. The van der Waals surface area contributed by atoms with Crippen LogP contribution >= 0.6 is 0 Å². The van der Waals surface area contributed by atoms with Crippen LogP contribution in [0.4, 0.5) is 0 Å². The molecule has 0 aliphatic heterocycles. The van der Waals surface area contributed by atoms with E-state index in [2.05, 4.69) is 168 Å². The van der Waals surface area contributed by atoms with Crippen molar-refractivity contribution in [2.75, 3.05) is 26.4 Å². The molecule has 2 aliphatic carbocycles. The Morgan fingerprint density at radius 1 is 0.564 bits per heavy atom. The normalized spacial score (nSPS) is 20.7. The summed E-state index contributed by atoms with van der Waals surface area (Å²) in [6.07, 6.45) is 22.9. The molecule has 4 rings (SSSR count). The minimum Gasteiger partial charge on any atom is -0.493 e. The number of allylic oxidation sites excluding steroid dienone is 8. The number of hydrogen-bond donors (Lipinski definition) is 0. The maximum absolute atomic E-state index is 6.69. The highest BCUT2D eigenvalue weighted by Gasteiger charge is 2.38. The van der Waals surface area contributed by atoms with Crippen LogP contribution in [-0.2, 0) is 15.6 Å². The van der Waals surface area contributed by atoms with Gasteiger partial charge in [0.25, 0.3) is 0 Å². The van der Waals surface area contributed by atoms with Crippen molar-refractivity contribution in [2.24, 2.45) is 10.8 Å². The van der Waals surface area contributed by atoms with Gasteiger partial charge in [-0.15, -0.1) is 0 Å². The largest absolute Gasteiger partial charge is 0.493 e. The lowest BCUT2D eigenvalue weighted by atomic mass is 9.68. The third-order valence-corrected chi connectivity index (χ3v) is 15.7. The van der Waals surface area contributed by atoms with Crippen LogP contribution in [0.15, 0.2) is 84.0 Å². The molecule has 304 valence electrons. The predicted octanol–water partition coefficient (Wildman–Crippen LogP) is 13.0. The summed E-state index contributed by atoms with van der Waals surface area (Å²) in [6, 6.07) is 13.9. The molecule has 0 saturated carbocycles. The fraction of sp³-hybridized carbons (Fsp3) is 0.600. The van der Waals surface area contributed by atoms with E-state index in [4.69, 9.17) is 14.2 Å². The average Bonchev–Trinajstić information content (AvgIpc) is 3.11. The Kier molecular flexibility index (Phi) is 15.0. The van der Waals surface area contributed by atoms with Gasteiger partial charge in [-0.25, -0.2) is 0 Å². The van der Waals surface area contributed by atoms with Gasteiger partial charge in [-0.3, -0.25) is 0 Å². The summed E-state index contributed by atoms with van der Waals surface area (Å²) in [4.78, 5) is 0. The fourth-order valence-corrected chi connectivity index (χ4v) is 11.3. The molecule has 2 unspecified atom stereocenters. The minimum atomic E-state index is -1.64. The molecule has 0 heterocycles. The molecule has 0 aromatic heterocycles. The second kappa shape index (κ2) is 18.3. The zero-order chi connectivity index (χ0) is 40.7. The van der Waals surface area contributed by atoms with Gasteiger partial charge in [-0.1, -0.05) is 168 Å². The molecule has 0 fully saturated rings. The maximum atomic E-state index is 6.69. The number of hydrogen-bond acceptors (Lipinski definition) is 3. The Bertz CT molecular complexity index is 1580. The van der Waals surface area contributed by atoms with Crippen molar-refractivity contribution >= 4 is 26.5 Å². The SMILES string of the molecule is CCCOc1c(C2(CCCOCCCC3(c4cccc([Si](C)(C)C)c4OCCC)C=CC(C(C)(C)C)=CC3)C=CC(C(C)(C)C)=CC2)cccc1[Si](C)(C)C. The molecule has 0 spiro atoms. The summed E-state index contributed by atoms with van der Waals surface area (Å²) in [5.74, 6) is 2.30. The lowest BCUT2D eigenvalue weighted by molar-refractivity contribution is 0.119. The van der Waals surface area contributed by atoms with Gasteiger partial charge < -0.3 is 14.2 Å². The van der Waals surface area contributed by atoms with E-state index < -0.39 is 16.1 Å². The number of para-hydroxylation sites is 2. The van der Waals surface area contributed by atoms with E-state index in [1.807, 2.05) is 0 Å². The number of rotatable bonds is 18. The Labute approximate surface area is 340 Å². The highest BCUT2D eigenvalue weighted by Crippen LogP contribution is 2.46. The molecule has 2 aromatic carbocycles. The van der Waals surface area contributed by atoms with Crippen molar-refractivity contribution in [3.8, 4) is 11.5 Å². The third-order valence-electron chi connectivity index (χ3n) is 11.7. The number of benzene rings is 2. The van der Waals surface area contributed by atoms with Gasteiger partial charge in [0, 0.05) is 35.2 Å². The van der Waals surface area contributed by atoms with Crippen LogP contribution in [0.25, 0.3) is 0 Å². The van der Waals surface area contributed by atoms with Gasteiger partial charge in [0.15, 0.2) is 0 Å². The van der Waals surface area contributed by atoms with Gasteiger partial charge in [0.1, 0.15) is 11.5 Å². The molecule has 3 nitrogen and oxygen atoms in total. The lowest BCUT2D eigenvalue weighted by Gasteiger charge is -2.38. The summed E-state index contributed by atoms with van der Waals surface area (Å²) in [6.45, 7) is 36.0. The standard InChI is InChI=1S/C50H78O3Si2/c1-15-35-52-45-41(21-17-23-43(45)54(9,10)11)49(31-25-39(26-32-49)47(3,4)5)29-19-37-51-38-20-30-50(33-27-40(28-34-50)48(6,7)8)42-22-18-24-44(55(12,13)14)46(42)53-36-16-2/h17-18,21-28,31,33H,15-16,19-20,29-30,32,34-38H2,1-14H3. The van der Waals surface area contributed by atoms with Crippen LogP contribution in [0, 0.1) is 10.8 Å². The second-order valence-corrected chi connectivity index (χ2v) is 30.7. The molecular weight excluding hydrogens is 705 g/mol. The van der Waals surface area contributed by atoms with Crippen LogP contribution in [0.2, 0.25) is 39.3 Å². The van der Waals surface area contributed by atoms with Crippen molar-refractivity contribution in [1.29, 1.82) is 0 Å². The van der Waals surface area contributed by atoms with Crippen LogP contribution in [-0.4, -0.2) is 42.6 Å². The summed E-state index contributed by atoms with van der Waals surface area (Å²) >= 11 is 0. The van der Waals surface area contributed by atoms with Crippen molar-refractivity contribution in [1.82, 2.24) is 0 Å². The predicted molar refractivity (Wildman–Crippen MR) is 246 cm³/mol. The van der Waals surface area contributed by atoms with E-state index in [9.17, 15) is 0 Å². The first-order valence-corrected chi connectivity index (χ1v) is 28.6. The second-order valence-electron chi connectivity index (χ2n) is 20.6. The highest BCUT2D eigenvalue weighted by atomic mass is 28.3. The highest BCUT2D eigenvalue weighted by molar-refractivity contribution is 6.89. The molecule has 5 heteroatoms. The minimum absolute atomic E-state index is 0.110. The van der Waals surface area contributed by atoms with E-state index in [1.54, 1.807) is 0 Å². The molecule has 55 heavy (non-hydrogen) atoms. The monoisotopic (exact) mass is 783 g/mol. The van der Waals surface area contributed by atoms with E-state index >= 15 is 0 Å². The molecule has 0 amide bonds. The topological polar surface area (TPSA) is 27.7 Å². The zero-order valence-corrected chi connectivity index (χ0v) is 39.6. The molecule has 0 bridgehead atoms. The van der Waals surface area contributed by atoms with Crippen molar-refractivity contribution < 1.29 is 14.2 Å². The van der Waals surface area contributed by atoms with Crippen LogP contribution in [0.3, 0.4) is 0 Å². The van der Waals surface area contributed by atoms with Crippen LogP contribution < -0.4 is 19.8 Å². The van der Waals surface area contributed by atoms with Gasteiger partial charge in [-0.2, -0.15) is 0 Å². The van der Waals surface area contributed by atoms with Gasteiger partial charge in [0.2, 0.25) is 0 Å². The van der Waals surface area contributed by atoms with Gasteiger partial charge in [0.05, 0.1) is 29.4 Å². The Balaban J connectivity index is 1.54. The van der Waals surface area contributed by atoms with E-state index in [1.165, 1.54) is 32.6 Å². The first kappa shape index (κ1) is 45.1. The molecule has 0 saturated heterocycles. The Hall–Kier alpha value is -2.61. The van der Waals surface area contributed by atoms with Crippen LogP contribution in [0.1, 0.15) is 118 Å².